The van der Waals surface area contributed by atoms with Gasteiger partial charge in [-0.1, -0.05) is 13.8 Å². The summed E-state index contributed by atoms with van der Waals surface area (Å²) in [5.74, 6) is 1.79. The van der Waals surface area contributed by atoms with E-state index in [0.717, 1.165) is 24.3 Å². The molecule has 0 saturated heterocycles. The molecule has 100 valence electrons. The summed E-state index contributed by atoms with van der Waals surface area (Å²) in [7, 11) is 0. The van der Waals surface area contributed by atoms with Crippen molar-refractivity contribution in [3.63, 3.8) is 0 Å². The molecule has 0 unspecified atom stereocenters. The van der Waals surface area contributed by atoms with Crippen molar-refractivity contribution in [1.82, 2.24) is 4.98 Å². The molecule has 1 aromatic heterocycles. The molecule has 1 heterocycles. The van der Waals surface area contributed by atoms with Crippen molar-refractivity contribution in [3.05, 3.63) is 17.8 Å². The maximum absolute atomic E-state index is 5.92. The van der Waals surface area contributed by atoms with E-state index >= 15 is 0 Å². The Balaban J connectivity index is 2.26. The van der Waals surface area contributed by atoms with Crippen LogP contribution in [0.4, 0.5) is 0 Å². The van der Waals surface area contributed by atoms with Crippen LogP contribution < -0.4 is 9.47 Å². The van der Waals surface area contributed by atoms with Gasteiger partial charge in [-0.25, -0.2) is 4.98 Å². The van der Waals surface area contributed by atoms with Crippen molar-refractivity contribution in [1.29, 1.82) is 0 Å². The lowest BCUT2D eigenvalue weighted by Crippen LogP contribution is -2.24. The van der Waals surface area contributed by atoms with Gasteiger partial charge in [0.25, 0.3) is 5.88 Å². The topological polar surface area (TPSA) is 31.4 Å². The zero-order valence-corrected chi connectivity index (χ0v) is 12.0. The Morgan fingerprint density at radius 2 is 1.89 bits per heavy atom. The van der Waals surface area contributed by atoms with E-state index in [4.69, 9.17) is 9.47 Å². The van der Waals surface area contributed by atoms with Gasteiger partial charge < -0.3 is 9.47 Å². The summed E-state index contributed by atoms with van der Waals surface area (Å²) in [6, 6.07) is 4.01. The van der Waals surface area contributed by atoms with Crippen molar-refractivity contribution in [2.75, 3.05) is 0 Å². The second-order valence-electron chi connectivity index (χ2n) is 6.23. The minimum atomic E-state index is -0.260. The third-order valence-corrected chi connectivity index (χ3v) is 2.66. The molecule has 0 spiro atoms. The highest BCUT2D eigenvalue weighted by molar-refractivity contribution is 5.36. The summed E-state index contributed by atoms with van der Waals surface area (Å²) in [5.41, 5.74) is 0.780. The Hall–Kier alpha value is -1.25. The second kappa shape index (κ2) is 4.79. The van der Waals surface area contributed by atoms with E-state index in [1.165, 1.54) is 0 Å². The molecule has 3 nitrogen and oxygen atoms in total. The summed E-state index contributed by atoms with van der Waals surface area (Å²) in [4.78, 5) is 4.59. The smallest absolute Gasteiger partial charge is 0.257 e. The van der Waals surface area contributed by atoms with Crippen LogP contribution in [0.3, 0.4) is 0 Å². The number of nitrogens with zero attached hydrogens (tertiary/aromatic N) is 1. The lowest BCUT2D eigenvalue weighted by atomic mass is 10.1. The van der Waals surface area contributed by atoms with Crippen LogP contribution in [0.15, 0.2) is 12.1 Å². The Bertz CT molecular complexity index is 417. The normalized spacial score (nSPS) is 15.9. The van der Waals surface area contributed by atoms with Gasteiger partial charge in [0.15, 0.2) is 5.75 Å². The van der Waals surface area contributed by atoms with Crippen molar-refractivity contribution < 1.29 is 9.47 Å². The molecule has 0 bridgehead atoms. The summed E-state index contributed by atoms with van der Waals surface area (Å²) in [6.07, 6.45) is 2.64. The van der Waals surface area contributed by atoms with E-state index in [0.29, 0.717) is 17.9 Å². The molecule has 0 amide bonds. The van der Waals surface area contributed by atoms with Gasteiger partial charge in [-0.2, -0.15) is 0 Å². The number of pyridine rings is 1. The molecule has 0 aliphatic heterocycles. The maximum atomic E-state index is 5.92. The molecule has 0 N–H and O–H groups in total. The lowest BCUT2D eigenvalue weighted by molar-refractivity contribution is 0.115. The van der Waals surface area contributed by atoms with E-state index in [1.54, 1.807) is 0 Å². The predicted octanol–water partition coefficient (Wildman–Crippen LogP) is 3.92. The van der Waals surface area contributed by atoms with Crippen LogP contribution in [0.25, 0.3) is 0 Å². The first-order valence-corrected chi connectivity index (χ1v) is 6.72. The van der Waals surface area contributed by atoms with Crippen molar-refractivity contribution in [2.45, 2.75) is 65.1 Å². The van der Waals surface area contributed by atoms with Crippen molar-refractivity contribution in [3.8, 4) is 11.6 Å². The largest absolute Gasteiger partial charge is 0.485 e. The highest BCUT2D eigenvalue weighted by Crippen LogP contribution is 2.35. The van der Waals surface area contributed by atoms with Crippen molar-refractivity contribution in [2.24, 2.45) is 0 Å². The van der Waals surface area contributed by atoms with Crippen LogP contribution >= 0.6 is 0 Å². The van der Waals surface area contributed by atoms with Gasteiger partial charge >= 0.3 is 0 Å². The fourth-order valence-electron chi connectivity index (χ4n) is 1.58. The minimum Gasteiger partial charge on any atom is -0.485 e. The van der Waals surface area contributed by atoms with Gasteiger partial charge in [0, 0.05) is 5.69 Å². The van der Waals surface area contributed by atoms with Gasteiger partial charge in [-0.05, 0) is 51.7 Å². The van der Waals surface area contributed by atoms with Crippen LogP contribution in [0.5, 0.6) is 11.6 Å². The fraction of sp³-hybridized carbons (Fsp3) is 0.667. The third kappa shape index (κ3) is 3.62. The standard InChI is InChI=1S/C15H23NO2/c1-10(2)12-8-9-13(17-11-6-7-11)14(16-12)18-15(3,4)5/h8-11H,6-7H2,1-5H3. The Morgan fingerprint density at radius 3 is 2.39 bits per heavy atom. The predicted molar refractivity (Wildman–Crippen MR) is 72.4 cm³/mol. The number of rotatable bonds is 4. The second-order valence-corrected chi connectivity index (χ2v) is 6.23. The number of hydrogen-bond acceptors (Lipinski definition) is 3. The third-order valence-electron chi connectivity index (χ3n) is 2.66. The molecule has 3 heteroatoms. The Kier molecular flexibility index (Phi) is 3.51. The molecular weight excluding hydrogens is 226 g/mol. The number of ether oxygens (including phenoxy) is 2. The van der Waals surface area contributed by atoms with E-state index in [9.17, 15) is 0 Å². The highest BCUT2D eigenvalue weighted by Gasteiger charge is 2.26. The summed E-state index contributed by atoms with van der Waals surface area (Å²) >= 11 is 0. The van der Waals surface area contributed by atoms with Gasteiger partial charge in [0.05, 0.1) is 6.10 Å². The average molecular weight is 249 g/mol. The minimum absolute atomic E-state index is 0.260. The Labute approximate surface area is 110 Å². The van der Waals surface area contributed by atoms with E-state index in [-0.39, 0.29) is 5.60 Å². The first-order chi connectivity index (χ1) is 8.35. The maximum Gasteiger partial charge on any atom is 0.257 e. The zero-order valence-electron chi connectivity index (χ0n) is 12.0. The molecule has 2 rings (SSSR count). The van der Waals surface area contributed by atoms with Gasteiger partial charge in [-0.15, -0.1) is 0 Å². The average Bonchev–Trinajstić information content (AvgIpc) is 3.02. The molecule has 1 aliphatic carbocycles. The van der Waals surface area contributed by atoms with E-state index in [1.807, 2.05) is 32.9 Å². The fourth-order valence-corrected chi connectivity index (χ4v) is 1.58. The SMILES string of the molecule is CC(C)c1ccc(OC2CC2)c(OC(C)(C)C)n1. The van der Waals surface area contributed by atoms with Gasteiger partial charge in [-0.3, -0.25) is 0 Å². The summed E-state index contributed by atoms with van der Waals surface area (Å²) in [6.45, 7) is 10.3. The highest BCUT2D eigenvalue weighted by atomic mass is 16.5. The van der Waals surface area contributed by atoms with Gasteiger partial charge in [0.1, 0.15) is 5.60 Å². The number of hydrogen-bond donors (Lipinski definition) is 0. The van der Waals surface area contributed by atoms with Crippen LogP contribution in [0.1, 0.15) is 59.1 Å². The van der Waals surface area contributed by atoms with Crippen LogP contribution in [-0.2, 0) is 0 Å². The zero-order chi connectivity index (χ0) is 13.3. The first-order valence-electron chi connectivity index (χ1n) is 6.72. The summed E-state index contributed by atoms with van der Waals surface area (Å²) in [5, 5.41) is 0. The molecule has 0 atom stereocenters. The van der Waals surface area contributed by atoms with Crippen molar-refractivity contribution >= 4 is 0 Å². The van der Waals surface area contributed by atoms with Gasteiger partial charge in [0.2, 0.25) is 0 Å². The molecular formula is C15H23NO2. The molecule has 1 fully saturated rings. The molecule has 1 aliphatic rings. The van der Waals surface area contributed by atoms with Crippen LogP contribution in [-0.4, -0.2) is 16.7 Å². The van der Waals surface area contributed by atoms with Crippen LogP contribution in [0.2, 0.25) is 0 Å². The number of aromatic nitrogens is 1. The molecule has 0 aromatic carbocycles. The van der Waals surface area contributed by atoms with Crippen LogP contribution in [0, 0.1) is 0 Å². The first kappa shape index (κ1) is 13.2. The molecule has 18 heavy (non-hydrogen) atoms. The lowest BCUT2D eigenvalue weighted by Gasteiger charge is -2.23. The molecule has 1 saturated carbocycles. The monoisotopic (exact) mass is 249 g/mol. The van der Waals surface area contributed by atoms with E-state index < -0.39 is 0 Å². The molecule has 1 aromatic rings. The summed E-state index contributed by atoms with van der Waals surface area (Å²) < 4.78 is 11.8. The quantitative estimate of drug-likeness (QED) is 0.810. The van der Waals surface area contributed by atoms with E-state index in [2.05, 4.69) is 18.8 Å². The molecule has 0 radical (unpaired) electrons. The Morgan fingerprint density at radius 1 is 1.22 bits per heavy atom.